The van der Waals surface area contributed by atoms with Gasteiger partial charge in [-0.1, -0.05) is 17.7 Å². The Labute approximate surface area is 176 Å². The Hall–Kier alpha value is -2.22. The molecule has 0 radical (unpaired) electrons. The second-order valence-electron chi connectivity index (χ2n) is 7.37. The van der Waals surface area contributed by atoms with Crippen molar-refractivity contribution in [2.24, 2.45) is 0 Å². The Kier molecular flexibility index (Phi) is 5.46. The summed E-state index contributed by atoms with van der Waals surface area (Å²) in [5.41, 5.74) is 1.25. The molecule has 8 heteroatoms. The molecule has 29 heavy (non-hydrogen) atoms. The first-order chi connectivity index (χ1) is 13.9. The molecule has 1 N–H and O–H groups in total. The molecule has 1 fully saturated rings. The van der Waals surface area contributed by atoms with E-state index in [1.54, 1.807) is 55.8 Å². The summed E-state index contributed by atoms with van der Waals surface area (Å²) in [7, 11) is -0.0850. The number of hydrogen-bond acceptors (Lipinski definition) is 5. The summed E-state index contributed by atoms with van der Waals surface area (Å²) >= 11 is 6.21. The van der Waals surface area contributed by atoms with Gasteiger partial charge in [-0.05, 0) is 69.4 Å². The van der Waals surface area contributed by atoms with Crippen LogP contribution in [-0.2, 0) is 10.0 Å². The number of fused-ring (bicyclic) bond motifs is 1. The van der Waals surface area contributed by atoms with Crippen molar-refractivity contribution in [3.8, 4) is 5.75 Å². The van der Waals surface area contributed by atoms with Crippen molar-refractivity contribution >= 4 is 38.2 Å². The highest BCUT2D eigenvalue weighted by Gasteiger charge is 2.23. The van der Waals surface area contributed by atoms with E-state index in [1.165, 1.54) is 3.97 Å². The molecular weight excluding hydrogens is 410 g/mol. The van der Waals surface area contributed by atoms with Crippen molar-refractivity contribution in [2.75, 3.05) is 32.6 Å². The summed E-state index contributed by atoms with van der Waals surface area (Å²) < 4.78 is 33.4. The molecule has 2 heterocycles. The Bertz CT molecular complexity index is 1140. The molecule has 154 valence electrons. The summed E-state index contributed by atoms with van der Waals surface area (Å²) in [6.07, 6.45) is 3.54. The third kappa shape index (κ3) is 3.82. The highest BCUT2D eigenvalue weighted by molar-refractivity contribution is 7.90. The van der Waals surface area contributed by atoms with E-state index in [0.717, 1.165) is 25.9 Å². The average molecular weight is 434 g/mol. The topological polar surface area (TPSA) is 63.6 Å². The number of rotatable bonds is 5. The van der Waals surface area contributed by atoms with Gasteiger partial charge in [0.25, 0.3) is 10.0 Å². The van der Waals surface area contributed by atoms with E-state index >= 15 is 0 Å². The molecule has 1 saturated heterocycles. The van der Waals surface area contributed by atoms with Crippen molar-refractivity contribution in [1.29, 1.82) is 0 Å². The second kappa shape index (κ2) is 7.89. The molecular formula is C21H24ClN3O3S. The van der Waals surface area contributed by atoms with Crippen LogP contribution in [0.5, 0.6) is 5.75 Å². The first-order valence-corrected chi connectivity index (χ1v) is 11.4. The molecule has 0 bridgehead atoms. The maximum Gasteiger partial charge on any atom is 0.268 e. The van der Waals surface area contributed by atoms with E-state index in [0.29, 0.717) is 27.4 Å². The van der Waals surface area contributed by atoms with E-state index in [2.05, 4.69) is 17.3 Å². The number of nitrogens with zero attached hydrogens (tertiary/aromatic N) is 2. The minimum absolute atomic E-state index is 0.200. The number of likely N-dealkylation sites (tertiary alicyclic amines) is 1. The molecule has 3 aromatic rings. The SMILES string of the molecule is COc1ccc(S(=O)(=O)n2ccc3c(Cl)cccc32)cc1NC1CCN(C)CC1. The van der Waals surface area contributed by atoms with Gasteiger partial charge >= 0.3 is 0 Å². The van der Waals surface area contributed by atoms with Gasteiger partial charge in [0.15, 0.2) is 0 Å². The maximum absolute atomic E-state index is 13.4. The van der Waals surface area contributed by atoms with Crippen molar-refractivity contribution in [2.45, 2.75) is 23.8 Å². The maximum atomic E-state index is 13.4. The monoisotopic (exact) mass is 433 g/mol. The normalized spacial score (nSPS) is 16.2. The zero-order chi connectivity index (χ0) is 20.6. The minimum Gasteiger partial charge on any atom is -0.495 e. The Balaban J connectivity index is 1.71. The number of ether oxygens (including phenoxy) is 1. The number of methoxy groups -OCH3 is 1. The van der Waals surface area contributed by atoms with Crippen molar-refractivity contribution in [3.63, 3.8) is 0 Å². The summed E-state index contributed by atoms with van der Waals surface area (Å²) in [6.45, 7) is 2.02. The summed E-state index contributed by atoms with van der Waals surface area (Å²) in [6, 6.07) is 12.2. The first kappa shape index (κ1) is 20.1. The number of benzene rings is 2. The largest absolute Gasteiger partial charge is 0.495 e. The fourth-order valence-electron chi connectivity index (χ4n) is 3.76. The summed E-state index contributed by atoms with van der Waals surface area (Å²) in [4.78, 5) is 2.49. The van der Waals surface area contributed by atoms with Crippen molar-refractivity contribution in [3.05, 3.63) is 53.7 Å². The quantitative estimate of drug-likeness (QED) is 0.657. The van der Waals surface area contributed by atoms with E-state index in [9.17, 15) is 8.42 Å². The molecule has 0 spiro atoms. The zero-order valence-corrected chi connectivity index (χ0v) is 18.0. The predicted octanol–water partition coefficient (Wildman–Crippen LogP) is 4.05. The molecule has 1 aliphatic rings. The van der Waals surface area contributed by atoms with E-state index in [4.69, 9.17) is 16.3 Å². The van der Waals surface area contributed by atoms with Crippen LogP contribution in [0.15, 0.2) is 53.6 Å². The smallest absolute Gasteiger partial charge is 0.268 e. The molecule has 4 rings (SSSR count). The van der Waals surface area contributed by atoms with E-state index in [1.807, 2.05) is 0 Å². The van der Waals surface area contributed by atoms with Crippen molar-refractivity contribution < 1.29 is 13.2 Å². The number of nitrogens with one attached hydrogen (secondary N) is 1. The molecule has 0 unspecified atom stereocenters. The van der Waals surface area contributed by atoms with Gasteiger partial charge in [-0.2, -0.15) is 0 Å². The second-order valence-corrected chi connectivity index (χ2v) is 9.60. The van der Waals surface area contributed by atoms with Gasteiger partial charge in [-0.25, -0.2) is 12.4 Å². The van der Waals surface area contributed by atoms with Gasteiger partial charge in [-0.15, -0.1) is 0 Å². The molecule has 1 aliphatic heterocycles. The third-order valence-electron chi connectivity index (χ3n) is 5.45. The highest BCUT2D eigenvalue weighted by atomic mass is 35.5. The van der Waals surface area contributed by atoms with Gasteiger partial charge in [0.2, 0.25) is 0 Å². The third-order valence-corrected chi connectivity index (χ3v) is 7.47. The van der Waals surface area contributed by atoms with Crippen LogP contribution in [-0.4, -0.2) is 50.6 Å². The van der Waals surface area contributed by atoms with Gasteiger partial charge < -0.3 is 15.0 Å². The molecule has 0 aliphatic carbocycles. The fraction of sp³-hybridized carbons (Fsp3) is 0.333. The number of anilines is 1. The predicted molar refractivity (Wildman–Crippen MR) is 117 cm³/mol. The Morgan fingerprint density at radius 3 is 2.62 bits per heavy atom. The fourth-order valence-corrected chi connectivity index (χ4v) is 5.37. The van der Waals surface area contributed by atoms with Gasteiger partial charge in [-0.3, -0.25) is 0 Å². The number of aromatic nitrogens is 1. The molecule has 0 atom stereocenters. The average Bonchev–Trinajstić information content (AvgIpc) is 3.16. The lowest BCUT2D eigenvalue weighted by Crippen LogP contribution is -2.36. The van der Waals surface area contributed by atoms with Crippen LogP contribution in [0.1, 0.15) is 12.8 Å². The zero-order valence-electron chi connectivity index (χ0n) is 16.4. The highest BCUT2D eigenvalue weighted by Crippen LogP contribution is 2.32. The number of piperidine rings is 1. The lowest BCUT2D eigenvalue weighted by atomic mass is 10.1. The van der Waals surface area contributed by atoms with Crippen LogP contribution < -0.4 is 10.1 Å². The van der Waals surface area contributed by atoms with Crippen LogP contribution >= 0.6 is 11.6 Å². The standard InChI is InChI=1S/C21H24ClN3O3S/c1-24-11-8-15(9-12-24)23-19-14-16(6-7-21(19)28-2)29(26,27)25-13-10-17-18(22)4-3-5-20(17)25/h3-7,10,13-15,23H,8-9,11-12H2,1-2H3. The van der Waals surface area contributed by atoms with Gasteiger partial charge in [0.1, 0.15) is 5.75 Å². The Morgan fingerprint density at radius 2 is 1.90 bits per heavy atom. The van der Waals surface area contributed by atoms with Crippen LogP contribution in [0.3, 0.4) is 0 Å². The van der Waals surface area contributed by atoms with E-state index < -0.39 is 10.0 Å². The lowest BCUT2D eigenvalue weighted by Gasteiger charge is -2.30. The first-order valence-electron chi connectivity index (χ1n) is 9.54. The van der Waals surface area contributed by atoms with Crippen LogP contribution in [0.25, 0.3) is 10.9 Å². The molecule has 1 aromatic heterocycles. The van der Waals surface area contributed by atoms with Crippen LogP contribution in [0.2, 0.25) is 5.02 Å². The summed E-state index contributed by atoms with van der Waals surface area (Å²) in [5.74, 6) is 0.628. The van der Waals surface area contributed by atoms with Gasteiger partial charge in [0, 0.05) is 22.6 Å². The van der Waals surface area contributed by atoms with Gasteiger partial charge in [0.05, 0.1) is 23.2 Å². The summed E-state index contributed by atoms with van der Waals surface area (Å²) in [5, 5.41) is 4.71. The van der Waals surface area contributed by atoms with Crippen LogP contribution in [0.4, 0.5) is 5.69 Å². The number of halogens is 1. The minimum atomic E-state index is -3.78. The molecule has 0 amide bonds. The molecule has 2 aromatic carbocycles. The number of hydrogen-bond donors (Lipinski definition) is 1. The molecule has 6 nitrogen and oxygen atoms in total. The lowest BCUT2D eigenvalue weighted by molar-refractivity contribution is 0.263. The van der Waals surface area contributed by atoms with Crippen molar-refractivity contribution in [1.82, 2.24) is 8.87 Å². The van der Waals surface area contributed by atoms with Crippen LogP contribution in [0, 0.1) is 0 Å². The Morgan fingerprint density at radius 1 is 1.14 bits per heavy atom. The van der Waals surface area contributed by atoms with E-state index in [-0.39, 0.29) is 10.9 Å². The molecule has 0 saturated carbocycles.